The number of aromatic nitrogens is 1. The summed E-state index contributed by atoms with van der Waals surface area (Å²) in [6, 6.07) is 7.73. The molecule has 0 spiro atoms. The van der Waals surface area contributed by atoms with E-state index >= 15 is 0 Å². The van der Waals surface area contributed by atoms with Gasteiger partial charge in [0.05, 0.1) is 0 Å². The second-order valence-electron chi connectivity index (χ2n) is 2.61. The molecule has 0 aliphatic carbocycles. The Morgan fingerprint density at radius 1 is 1.38 bits per heavy atom. The molecule has 0 fully saturated rings. The normalized spacial score (nSPS) is 9.08. The Bertz CT molecular complexity index is 357. The number of hydrogen-bond donors (Lipinski definition) is 0. The molecule has 0 aliphatic rings. The summed E-state index contributed by atoms with van der Waals surface area (Å²) in [5.41, 5.74) is 1.79. The molecule has 68 valence electrons. The number of aryl methyl sites for hydroxylation is 1. The second kappa shape index (κ2) is 4.45. The highest BCUT2D eigenvalue weighted by atomic mass is 16.3. The molecule has 0 bridgehead atoms. The van der Waals surface area contributed by atoms with Crippen LogP contribution in [0.2, 0.25) is 0 Å². The molecule has 2 nitrogen and oxygen atoms in total. The van der Waals surface area contributed by atoms with E-state index in [-0.39, 0.29) is 0 Å². The second-order valence-corrected chi connectivity index (χ2v) is 2.61. The minimum absolute atomic E-state index is 0.723. The van der Waals surface area contributed by atoms with E-state index in [0.717, 1.165) is 17.0 Å². The molecule has 2 heteroatoms. The molecule has 0 radical (unpaired) electrons. The van der Waals surface area contributed by atoms with Crippen LogP contribution in [-0.2, 0) is 0 Å². The van der Waals surface area contributed by atoms with Crippen molar-refractivity contribution in [3.05, 3.63) is 42.8 Å². The molecule has 0 unspecified atom stereocenters. The Labute approximate surface area is 77.9 Å². The van der Waals surface area contributed by atoms with Crippen molar-refractivity contribution in [2.24, 2.45) is 0 Å². The summed E-state index contributed by atoms with van der Waals surface area (Å²) in [5, 5.41) is 0. The number of allylic oxidation sites excluding steroid dienone is 1. The largest absolute Gasteiger partial charge is 0.441 e. The minimum atomic E-state index is 0.723. The zero-order chi connectivity index (χ0) is 9.68. The fourth-order valence-corrected chi connectivity index (χ4v) is 0.987. The van der Waals surface area contributed by atoms with Gasteiger partial charge < -0.3 is 4.42 Å². The first kappa shape index (κ1) is 9.52. The number of rotatable bonds is 0. The van der Waals surface area contributed by atoms with Gasteiger partial charge in [0, 0.05) is 6.92 Å². The van der Waals surface area contributed by atoms with E-state index in [1.165, 1.54) is 0 Å². The zero-order valence-corrected chi connectivity index (χ0v) is 7.95. The van der Waals surface area contributed by atoms with Crippen LogP contribution in [0.5, 0.6) is 0 Å². The van der Waals surface area contributed by atoms with Gasteiger partial charge >= 0.3 is 0 Å². The topological polar surface area (TPSA) is 26.0 Å². The molecule has 0 N–H and O–H groups in total. The third-order valence-corrected chi connectivity index (χ3v) is 1.40. The fraction of sp³-hybridized carbons (Fsp3) is 0.182. The van der Waals surface area contributed by atoms with E-state index in [0.29, 0.717) is 0 Å². The fourth-order valence-electron chi connectivity index (χ4n) is 0.987. The Balaban J connectivity index is 0.000000251. The third-order valence-electron chi connectivity index (χ3n) is 1.40. The molecule has 1 aromatic heterocycles. The van der Waals surface area contributed by atoms with E-state index in [1.54, 1.807) is 6.08 Å². The number of oxazole rings is 1. The number of nitrogens with zero attached hydrogens (tertiary/aromatic N) is 1. The first-order valence-corrected chi connectivity index (χ1v) is 4.17. The summed E-state index contributed by atoms with van der Waals surface area (Å²) in [6.45, 7) is 7.10. The van der Waals surface area contributed by atoms with Gasteiger partial charge in [0.25, 0.3) is 0 Å². The van der Waals surface area contributed by atoms with E-state index in [1.807, 2.05) is 38.1 Å². The van der Waals surface area contributed by atoms with E-state index in [2.05, 4.69) is 11.6 Å². The Morgan fingerprint density at radius 2 is 2.00 bits per heavy atom. The van der Waals surface area contributed by atoms with Gasteiger partial charge in [-0.2, -0.15) is 0 Å². The molecule has 0 amide bonds. The summed E-state index contributed by atoms with van der Waals surface area (Å²) in [6.07, 6.45) is 1.75. The predicted octanol–water partition coefficient (Wildman–Crippen LogP) is 3.33. The molecule has 2 rings (SSSR count). The summed E-state index contributed by atoms with van der Waals surface area (Å²) in [4.78, 5) is 4.15. The lowest BCUT2D eigenvalue weighted by molar-refractivity contribution is 0.561. The summed E-state index contributed by atoms with van der Waals surface area (Å²) in [5.74, 6) is 0.723. The number of fused-ring (bicyclic) bond motifs is 1. The van der Waals surface area contributed by atoms with Crippen LogP contribution < -0.4 is 0 Å². The molecule has 13 heavy (non-hydrogen) atoms. The molecule has 0 aliphatic heterocycles. The SMILES string of the molecule is C=CC.Cc1nc2ccccc2o1. The Hall–Kier alpha value is -1.57. The molecule has 0 saturated heterocycles. The smallest absolute Gasteiger partial charge is 0.192 e. The maximum atomic E-state index is 5.26. The highest BCUT2D eigenvalue weighted by Crippen LogP contribution is 2.12. The highest BCUT2D eigenvalue weighted by Gasteiger charge is 1.97. The van der Waals surface area contributed by atoms with Gasteiger partial charge in [-0.15, -0.1) is 6.58 Å². The molecule has 0 atom stereocenters. The van der Waals surface area contributed by atoms with Crippen LogP contribution in [0.25, 0.3) is 11.1 Å². The molecule has 2 aromatic rings. The molecule has 1 aromatic carbocycles. The van der Waals surface area contributed by atoms with Crippen LogP contribution in [0.15, 0.2) is 41.3 Å². The quantitative estimate of drug-likeness (QED) is 0.574. The molecular formula is C11H13NO. The minimum Gasteiger partial charge on any atom is -0.441 e. The van der Waals surface area contributed by atoms with Gasteiger partial charge in [-0.25, -0.2) is 4.98 Å². The Kier molecular flexibility index (Phi) is 3.26. The van der Waals surface area contributed by atoms with Crippen LogP contribution in [0.1, 0.15) is 12.8 Å². The van der Waals surface area contributed by atoms with Gasteiger partial charge in [-0.1, -0.05) is 18.2 Å². The standard InChI is InChI=1S/C8H7NO.C3H6/c1-6-9-7-4-2-3-5-8(7)10-6;1-3-2/h2-5H,1H3;3H,1H2,2H3. The van der Waals surface area contributed by atoms with Crippen molar-refractivity contribution in [3.8, 4) is 0 Å². The highest BCUT2D eigenvalue weighted by molar-refractivity contribution is 5.71. The molecular weight excluding hydrogens is 162 g/mol. The average Bonchev–Trinajstić information content (AvgIpc) is 2.45. The van der Waals surface area contributed by atoms with Crippen LogP contribution in [0.4, 0.5) is 0 Å². The van der Waals surface area contributed by atoms with Gasteiger partial charge in [0.2, 0.25) is 0 Å². The Morgan fingerprint density at radius 3 is 2.62 bits per heavy atom. The van der Waals surface area contributed by atoms with Crippen molar-refractivity contribution in [2.75, 3.05) is 0 Å². The number of para-hydroxylation sites is 2. The van der Waals surface area contributed by atoms with Crippen molar-refractivity contribution in [2.45, 2.75) is 13.8 Å². The maximum absolute atomic E-state index is 5.26. The average molecular weight is 175 g/mol. The van der Waals surface area contributed by atoms with E-state index in [4.69, 9.17) is 4.42 Å². The predicted molar refractivity (Wildman–Crippen MR) is 54.6 cm³/mol. The van der Waals surface area contributed by atoms with Crippen LogP contribution in [-0.4, -0.2) is 4.98 Å². The maximum Gasteiger partial charge on any atom is 0.192 e. The summed E-state index contributed by atoms with van der Waals surface area (Å²) >= 11 is 0. The third kappa shape index (κ3) is 2.44. The summed E-state index contributed by atoms with van der Waals surface area (Å²) < 4.78 is 5.26. The van der Waals surface area contributed by atoms with Crippen LogP contribution in [0.3, 0.4) is 0 Å². The van der Waals surface area contributed by atoms with Crippen molar-refractivity contribution < 1.29 is 4.42 Å². The first-order chi connectivity index (χ1) is 6.27. The van der Waals surface area contributed by atoms with Gasteiger partial charge in [-0.05, 0) is 19.1 Å². The number of hydrogen-bond acceptors (Lipinski definition) is 2. The van der Waals surface area contributed by atoms with Crippen LogP contribution in [0, 0.1) is 6.92 Å². The first-order valence-electron chi connectivity index (χ1n) is 4.17. The van der Waals surface area contributed by atoms with Crippen molar-refractivity contribution >= 4 is 11.1 Å². The van der Waals surface area contributed by atoms with Gasteiger partial charge in [0.15, 0.2) is 11.5 Å². The van der Waals surface area contributed by atoms with Crippen molar-refractivity contribution in [3.63, 3.8) is 0 Å². The van der Waals surface area contributed by atoms with Gasteiger partial charge in [0.1, 0.15) is 5.52 Å². The lowest BCUT2D eigenvalue weighted by Gasteiger charge is -1.79. The van der Waals surface area contributed by atoms with Crippen LogP contribution >= 0.6 is 0 Å². The summed E-state index contributed by atoms with van der Waals surface area (Å²) in [7, 11) is 0. The zero-order valence-electron chi connectivity index (χ0n) is 7.95. The lowest BCUT2D eigenvalue weighted by atomic mass is 10.3. The monoisotopic (exact) mass is 175 g/mol. The molecule has 1 heterocycles. The molecule has 0 saturated carbocycles. The number of benzene rings is 1. The lowest BCUT2D eigenvalue weighted by Crippen LogP contribution is -1.65. The van der Waals surface area contributed by atoms with Crippen molar-refractivity contribution in [1.82, 2.24) is 4.98 Å². The van der Waals surface area contributed by atoms with E-state index < -0.39 is 0 Å². The van der Waals surface area contributed by atoms with Crippen molar-refractivity contribution in [1.29, 1.82) is 0 Å². The van der Waals surface area contributed by atoms with E-state index in [9.17, 15) is 0 Å². The van der Waals surface area contributed by atoms with Gasteiger partial charge in [-0.3, -0.25) is 0 Å².